The molecule has 3 aliphatic rings. The van der Waals surface area contributed by atoms with Crippen molar-refractivity contribution in [2.75, 3.05) is 39.4 Å². The molecule has 0 radical (unpaired) electrons. The second kappa shape index (κ2) is 10.0. The maximum atomic E-state index is 11.9. The van der Waals surface area contributed by atoms with Gasteiger partial charge < -0.3 is 14.2 Å². The zero-order valence-electron chi connectivity index (χ0n) is 16.5. The van der Waals surface area contributed by atoms with Crippen molar-refractivity contribution in [2.24, 2.45) is 5.92 Å². The Morgan fingerprint density at radius 3 is 2.31 bits per heavy atom. The molecule has 1 saturated carbocycles. The molecular weight excluding hydrogens is 332 g/mol. The molecule has 3 fully saturated rings. The van der Waals surface area contributed by atoms with Crippen LogP contribution >= 0.6 is 0 Å². The molecule has 2 atom stereocenters. The van der Waals surface area contributed by atoms with Gasteiger partial charge in [-0.2, -0.15) is 0 Å². The fourth-order valence-electron chi connectivity index (χ4n) is 4.56. The van der Waals surface area contributed by atoms with Gasteiger partial charge in [0.05, 0.1) is 24.7 Å². The standard InChI is InChI=1S/C20H36N2O4/c1-3-24-18-11-14-22(15-18)20(21-12-5-6-13-21)26-17-9-7-16(8-10-17)19(23)25-4-2/h16-18,20H,3-15H2,1-2H3/t16?,17?,18-,20?/m1/s1. The Balaban J connectivity index is 1.53. The maximum absolute atomic E-state index is 11.9. The Bertz CT molecular complexity index is 434. The number of rotatable bonds is 8. The number of esters is 1. The minimum atomic E-state index is -0.0267. The number of carbonyl (C=O) groups excluding carboxylic acids is 1. The lowest BCUT2D eigenvalue weighted by Gasteiger charge is -2.39. The average molecular weight is 369 g/mol. The first-order chi connectivity index (χ1) is 12.7. The number of ether oxygens (including phenoxy) is 3. The van der Waals surface area contributed by atoms with Crippen LogP contribution in [0.25, 0.3) is 0 Å². The molecule has 0 bridgehead atoms. The summed E-state index contributed by atoms with van der Waals surface area (Å²) in [6, 6.07) is 0. The molecule has 26 heavy (non-hydrogen) atoms. The Kier molecular flexibility index (Phi) is 7.73. The van der Waals surface area contributed by atoms with E-state index in [2.05, 4.69) is 16.7 Å². The van der Waals surface area contributed by atoms with Crippen LogP contribution in [0.4, 0.5) is 0 Å². The maximum Gasteiger partial charge on any atom is 0.308 e. The van der Waals surface area contributed by atoms with Crippen LogP contribution < -0.4 is 0 Å². The van der Waals surface area contributed by atoms with Gasteiger partial charge in [0.25, 0.3) is 0 Å². The van der Waals surface area contributed by atoms with Crippen LogP contribution in [0.5, 0.6) is 0 Å². The SMILES string of the molecule is CCOC(=O)C1CCC(OC(N2CCCC2)N2CC[C@@H](OCC)C2)CC1. The minimum Gasteiger partial charge on any atom is -0.466 e. The highest BCUT2D eigenvalue weighted by atomic mass is 16.5. The Morgan fingerprint density at radius 1 is 0.923 bits per heavy atom. The van der Waals surface area contributed by atoms with Gasteiger partial charge in [-0.1, -0.05) is 0 Å². The predicted molar refractivity (Wildman–Crippen MR) is 99.7 cm³/mol. The van der Waals surface area contributed by atoms with E-state index in [4.69, 9.17) is 14.2 Å². The first-order valence-corrected chi connectivity index (χ1v) is 10.6. The van der Waals surface area contributed by atoms with E-state index in [1.54, 1.807) is 0 Å². The highest BCUT2D eigenvalue weighted by molar-refractivity contribution is 5.72. The summed E-state index contributed by atoms with van der Waals surface area (Å²) in [5, 5.41) is 0. The zero-order valence-corrected chi connectivity index (χ0v) is 16.5. The molecule has 0 spiro atoms. The van der Waals surface area contributed by atoms with Gasteiger partial charge in [0.15, 0.2) is 6.35 Å². The van der Waals surface area contributed by atoms with Crippen molar-refractivity contribution in [1.82, 2.24) is 9.80 Å². The summed E-state index contributed by atoms with van der Waals surface area (Å²) >= 11 is 0. The lowest BCUT2D eigenvalue weighted by molar-refractivity contribution is -0.181. The number of nitrogens with zero attached hydrogens (tertiary/aromatic N) is 2. The first-order valence-electron chi connectivity index (χ1n) is 10.6. The topological polar surface area (TPSA) is 51.2 Å². The number of likely N-dealkylation sites (tertiary alicyclic amines) is 2. The largest absolute Gasteiger partial charge is 0.466 e. The van der Waals surface area contributed by atoms with Gasteiger partial charge >= 0.3 is 5.97 Å². The van der Waals surface area contributed by atoms with Crippen LogP contribution in [0.3, 0.4) is 0 Å². The quantitative estimate of drug-likeness (QED) is 0.614. The van der Waals surface area contributed by atoms with Gasteiger partial charge in [-0.05, 0) is 58.8 Å². The summed E-state index contributed by atoms with van der Waals surface area (Å²) in [7, 11) is 0. The molecule has 1 aliphatic carbocycles. The van der Waals surface area contributed by atoms with Crippen LogP contribution in [0.15, 0.2) is 0 Å². The van der Waals surface area contributed by atoms with Crippen LogP contribution in [0, 0.1) is 5.92 Å². The fourth-order valence-corrected chi connectivity index (χ4v) is 4.56. The smallest absolute Gasteiger partial charge is 0.308 e. The van der Waals surface area contributed by atoms with Gasteiger partial charge in [-0.15, -0.1) is 0 Å². The third-order valence-electron chi connectivity index (χ3n) is 5.95. The predicted octanol–water partition coefficient (Wildman–Crippen LogP) is 2.62. The summed E-state index contributed by atoms with van der Waals surface area (Å²) in [6.07, 6.45) is 7.97. The molecule has 0 aromatic rings. The monoisotopic (exact) mass is 368 g/mol. The third kappa shape index (κ3) is 5.18. The summed E-state index contributed by atoms with van der Waals surface area (Å²) in [4.78, 5) is 16.9. The Morgan fingerprint density at radius 2 is 1.65 bits per heavy atom. The van der Waals surface area contributed by atoms with Crippen molar-refractivity contribution in [3.63, 3.8) is 0 Å². The van der Waals surface area contributed by atoms with Gasteiger partial charge in [-0.3, -0.25) is 14.6 Å². The highest BCUT2D eigenvalue weighted by Gasteiger charge is 2.37. The average Bonchev–Trinajstić information content (AvgIpc) is 3.33. The highest BCUT2D eigenvalue weighted by Crippen LogP contribution is 2.30. The number of hydrogen-bond donors (Lipinski definition) is 0. The molecule has 2 saturated heterocycles. The molecule has 6 heteroatoms. The summed E-state index contributed by atoms with van der Waals surface area (Å²) in [5.41, 5.74) is 0. The van der Waals surface area contributed by atoms with Crippen molar-refractivity contribution in [1.29, 1.82) is 0 Å². The third-order valence-corrected chi connectivity index (χ3v) is 5.95. The summed E-state index contributed by atoms with van der Waals surface area (Å²) in [5.74, 6) is 0.0373. The molecule has 0 aromatic carbocycles. The lowest BCUT2D eigenvalue weighted by atomic mass is 9.87. The van der Waals surface area contributed by atoms with Crippen LogP contribution in [-0.2, 0) is 19.0 Å². The number of hydrogen-bond acceptors (Lipinski definition) is 6. The van der Waals surface area contributed by atoms with E-state index in [1.807, 2.05) is 6.92 Å². The van der Waals surface area contributed by atoms with Crippen molar-refractivity contribution < 1.29 is 19.0 Å². The van der Waals surface area contributed by atoms with Gasteiger partial charge in [-0.25, -0.2) is 0 Å². The molecule has 2 heterocycles. The van der Waals surface area contributed by atoms with Gasteiger partial charge in [0.1, 0.15) is 0 Å². The van der Waals surface area contributed by atoms with Crippen LogP contribution in [0.1, 0.15) is 58.8 Å². The molecule has 0 N–H and O–H groups in total. The summed E-state index contributed by atoms with van der Waals surface area (Å²) < 4.78 is 17.6. The van der Waals surface area contributed by atoms with E-state index in [9.17, 15) is 4.79 Å². The normalized spacial score (nSPS) is 32.0. The van der Waals surface area contributed by atoms with E-state index in [1.165, 1.54) is 12.8 Å². The lowest BCUT2D eigenvalue weighted by Crippen LogP contribution is -2.50. The van der Waals surface area contributed by atoms with E-state index in [0.717, 1.165) is 64.9 Å². The van der Waals surface area contributed by atoms with Crippen molar-refractivity contribution >= 4 is 5.97 Å². The minimum absolute atomic E-state index is 0.0267. The molecule has 0 amide bonds. The summed E-state index contributed by atoms with van der Waals surface area (Å²) in [6.45, 7) is 9.46. The van der Waals surface area contributed by atoms with Gasteiger partial charge in [0, 0.05) is 32.8 Å². The van der Waals surface area contributed by atoms with E-state index in [0.29, 0.717) is 12.7 Å². The second-order valence-corrected chi connectivity index (χ2v) is 7.79. The molecule has 6 nitrogen and oxygen atoms in total. The fraction of sp³-hybridized carbons (Fsp3) is 0.950. The Hall–Kier alpha value is -0.690. The van der Waals surface area contributed by atoms with E-state index < -0.39 is 0 Å². The van der Waals surface area contributed by atoms with Crippen LogP contribution in [-0.4, -0.2) is 73.7 Å². The van der Waals surface area contributed by atoms with Crippen molar-refractivity contribution in [2.45, 2.75) is 77.4 Å². The zero-order chi connectivity index (χ0) is 18.4. The first kappa shape index (κ1) is 20.1. The molecular formula is C20H36N2O4. The van der Waals surface area contributed by atoms with Gasteiger partial charge in [0.2, 0.25) is 0 Å². The van der Waals surface area contributed by atoms with E-state index in [-0.39, 0.29) is 24.3 Å². The molecule has 0 aromatic heterocycles. The molecule has 1 unspecified atom stereocenters. The van der Waals surface area contributed by atoms with E-state index >= 15 is 0 Å². The van der Waals surface area contributed by atoms with Crippen molar-refractivity contribution in [3.8, 4) is 0 Å². The molecule has 2 aliphatic heterocycles. The molecule has 150 valence electrons. The molecule has 3 rings (SSSR count). The van der Waals surface area contributed by atoms with Crippen molar-refractivity contribution in [3.05, 3.63) is 0 Å². The second-order valence-electron chi connectivity index (χ2n) is 7.79. The Labute approximate surface area is 158 Å². The number of carbonyl (C=O) groups is 1. The van der Waals surface area contributed by atoms with Crippen LogP contribution in [0.2, 0.25) is 0 Å².